The van der Waals surface area contributed by atoms with Crippen molar-refractivity contribution in [1.29, 1.82) is 0 Å². The van der Waals surface area contributed by atoms with Crippen LogP contribution in [0, 0.1) is 0 Å². The second kappa shape index (κ2) is 15.2. The molecule has 10 heteroatoms. The molecule has 0 N–H and O–H groups in total. The molecule has 0 unspecified atom stereocenters. The minimum atomic E-state index is -0.604. The highest BCUT2D eigenvalue weighted by Gasteiger charge is 2.35. The molecule has 226 valence electrons. The molecule has 0 saturated heterocycles. The van der Waals surface area contributed by atoms with E-state index in [-0.39, 0.29) is 34.6 Å². The number of ether oxygens (including phenoxy) is 2. The van der Waals surface area contributed by atoms with Crippen LogP contribution in [0.4, 0.5) is 0 Å². The van der Waals surface area contributed by atoms with Gasteiger partial charge in [-0.1, -0.05) is 33.8 Å². The summed E-state index contributed by atoms with van der Waals surface area (Å²) in [7, 11) is 2.95. The minimum absolute atomic E-state index is 0.113. The lowest BCUT2D eigenvalue weighted by atomic mass is 10.0. The van der Waals surface area contributed by atoms with Crippen molar-refractivity contribution >= 4 is 35.4 Å². The van der Waals surface area contributed by atoms with E-state index in [1.165, 1.54) is 43.1 Å². The molecule has 0 spiro atoms. The van der Waals surface area contributed by atoms with Gasteiger partial charge in [-0.05, 0) is 68.4 Å². The van der Waals surface area contributed by atoms with Crippen molar-refractivity contribution in [2.45, 2.75) is 41.5 Å². The van der Waals surface area contributed by atoms with Crippen molar-refractivity contribution in [2.24, 2.45) is 0 Å². The van der Waals surface area contributed by atoms with E-state index in [0.717, 1.165) is 4.90 Å². The Labute approximate surface area is 251 Å². The molecule has 0 saturated carbocycles. The molecule has 3 aromatic rings. The standard InChI is InChI=1S/C17H13NO5.C12H11NO3.2C2H6/c1-18-15(19)13-8-3-10(9-14(13)16(18)20)17(21)23-12-6-4-11(22-2)5-7-12;1-3-13-11(15)9-5-4-8(7(2)14)6-10(9)12(13)16;2*1-2/h3-9H,1-2H3;4-6H,3H2,1-2H3;2*1-2H3. The van der Waals surface area contributed by atoms with Crippen LogP contribution >= 0.6 is 0 Å². The van der Waals surface area contributed by atoms with Crippen LogP contribution in [0.2, 0.25) is 0 Å². The Morgan fingerprint density at radius 2 is 1.09 bits per heavy atom. The number of carbonyl (C=O) groups excluding carboxylic acids is 6. The minimum Gasteiger partial charge on any atom is -0.497 e. The van der Waals surface area contributed by atoms with E-state index in [4.69, 9.17) is 9.47 Å². The highest BCUT2D eigenvalue weighted by atomic mass is 16.5. The van der Waals surface area contributed by atoms with Gasteiger partial charge < -0.3 is 9.47 Å². The van der Waals surface area contributed by atoms with Crippen molar-refractivity contribution in [2.75, 3.05) is 20.7 Å². The Kier molecular flexibility index (Phi) is 12.1. The van der Waals surface area contributed by atoms with Gasteiger partial charge in [-0.25, -0.2) is 4.79 Å². The van der Waals surface area contributed by atoms with Crippen molar-refractivity contribution in [3.63, 3.8) is 0 Å². The van der Waals surface area contributed by atoms with Gasteiger partial charge in [0.1, 0.15) is 11.5 Å². The number of amides is 4. The van der Waals surface area contributed by atoms with E-state index in [1.807, 2.05) is 27.7 Å². The van der Waals surface area contributed by atoms with Crippen molar-refractivity contribution in [3.05, 3.63) is 94.0 Å². The fourth-order valence-corrected chi connectivity index (χ4v) is 4.09. The summed E-state index contributed by atoms with van der Waals surface area (Å²) in [6, 6.07) is 15.5. The van der Waals surface area contributed by atoms with Crippen LogP contribution in [-0.4, -0.2) is 65.9 Å². The third kappa shape index (κ3) is 7.21. The number of imide groups is 2. The first-order valence-electron chi connectivity index (χ1n) is 13.9. The van der Waals surface area contributed by atoms with Crippen LogP contribution in [0.3, 0.4) is 0 Å². The first kappa shape index (κ1) is 34.1. The molecule has 0 aliphatic carbocycles. The van der Waals surface area contributed by atoms with E-state index in [9.17, 15) is 28.8 Å². The maximum atomic E-state index is 12.2. The highest BCUT2D eigenvalue weighted by molar-refractivity contribution is 6.22. The zero-order chi connectivity index (χ0) is 32.4. The van der Waals surface area contributed by atoms with Crippen molar-refractivity contribution in [1.82, 2.24) is 9.80 Å². The third-order valence-corrected chi connectivity index (χ3v) is 6.29. The number of benzene rings is 3. The van der Waals surface area contributed by atoms with Gasteiger partial charge >= 0.3 is 5.97 Å². The van der Waals surface area contributed by atoms with E-state index in [0.29, 0.717) is 40.3 Å². The van der Waals surface area contributed by atoms with Crippen LogP contribution in [0.25, 0.3) is 0 Å². The molecule has 0 fully saturated rings. The summed E-state index contributed by atoms with van der Waals surface area (Å²) in [5, 5.41) is 0. The molecule has 0 aromatic heterocycles. The van der Waals surface area contributed by atoms with Crippen LogP contribution in [0.15, 0.2) is 60.7 Å². The van der Waals surface area contributed by atoms with Gasteiger partial charge in [0.15, 0.2) is 5.78 Å². The Morgan fingerprint density at radius 1 is 0.651 bits per heavy atom. The number of nitrogens with zero attached hydrogens (tertiary/aromatic N) is 2. The Balaban J connectivity index is 0.000000283. The van der Waals surface area contributed by atoms with Crippen molar-refractivity contribution < 1.29 is 38.2 Å². The van der Waals surface area contributed by atoms with Gasteiger partial charge in [0.05, 0.1) is 34.9 Å². The van der Waals surface area contributed by atoms with Crippen LogP contribution in [-0.2, 0) is 0 Å². The molecule has 2 aliphatic heterocycles. The normalized spacial score (nSPS) is 12.6. The maximum Gasteiger partial charge on any atom is 0.343 e. The first-order chi connectivity index (χ1) is 20.6. The van der Waals surface area contributed by atoms with Gasteiger partial charge in [0.2, 0.25) is 0 Å². The van der Waals surface area contributed by atoms with E-state index >= 15 is 0 Å². The first-order valence-corrected chi connectivity index (χ1v) is 13.9. The average molecular weight is 589 g/mol. The number of Topliss-reactive ketones (excluding diaryl/α,β-unsaturated/α-hetero) is 1. The lowest BCUT2D eigenvalue weighted by Crippen LogP contribution is -2.29. The number of fused-ring (bicyclic) bond motifs is 2. The number of carbonyl (C=O) groups is 6. The maximum absolute atomic E-state index is 12.2. The second-order valence-corrected chi connectivity index (χ2v) is 8.67. The van der Waals surface area contributed by atoms with Crippen LogP contribution in [0.5, 0.6) is 11.5 Å². The summed E-state index contributed by atoms with van der Waals surface area (Å²) in [5.41, 5.74) is 1.88. The summed E-state index contributed by atoms with van der Waals surface area (Å²) in [4.78, 5) is 72.9. The predicted octanol–water partition coefficient (Wildman–Crippen LogP) is 5.70. The number of methoxy groups -OCH3 is 1. The molecule has 0 atom stereocenters. The molecule has 2 heterocycles. The molecule has 3 aromatic carbocycles. The van der Waals surface area contributed by atoms with Crippen LogP contribution in [0.1, 0.15) is 104 Å². The lowest BCUT2D eigenvalue weighted by molar-refractivity contribution is 0.0655. The number of hydrogen-bond donors (Lipinski definition) is 0. The topological polar surface area (TPSA) is 127 Å². The van der Waals surface area contributed by atoms with Gasteiger partial charge in [0.25, 0.3) is 23.6 Å². The Hall–Kier alpha value is -5.12. The smallest absolute Gasteiger partial charge is 0.343 e. The monoisotopic (exact) mass is 588 g/mol. The number of esters is 1. The number of ketones is 1. The SMILES string of the molecule is CC.CC.CCN1C(=O)c2ccc(C(C)=O)cc2C1=O.COc1ccc(OC(=O)c2ccc3c(c2)C(=O)N(C)C3=O)cc1. The fraction of sp³-hybridized carbons (Fsp3) is 0.273. The average Bonchev–Trinajstić information content (AvgIpc) is 3.42. The summed E-state index contributed by atoms with van der Waals surface area (Å²) in [6.45, 7) is 11.5. The lowest BCUT2D eigenvalue weighted by Gasteiger charge is -2.08. The second-order valence-electron chi connectivity index (χ2n) is 8.67. The Bertz CT molecular complexity index is 1540. The molecular formula is C33H36N2O8. The molecule has 10 nitrogen and oxygen atoms in total. The Morgan fingerprint density at radius 3 is 1.63 bits per heavy atom. The molecule has 0 bridgehead atoms. The van der Waals surface area contributed by atoms with Crippen molar-refractivity contribution in [3.8, 4) is 11.5 Å². The van der Waals surface area contributed by atoms with E-state index in [2.05, 4.69) is 0 Å². The largest absolute Gasteiger partial charge is 0.497 e. The zero-order valence-electron chi connectivity index (χ0n) is 25.6. The summed E-state index contributed by atoms with van der Waals surface area (Å²) in [5.74, 6) is -1.11. The third-order valence-electron chi connectivity index (χ3n) is 6.29. The quantitative estimate of drug-likeness (QED) is 0.161. The van der Waals surface area contributed by atoms with Crippen LogP contribution < -0.4 is 9.47 Å². The van der Waals surface area contributed by atoms with E-state index < -0.39 is 11.9 Å². The van der Waals surface area contributed by atoms with Gasteiger partial charge in [-0.15, -0.1) is 0 Å². The van der Waals surface area contributed by atoms with E-state index in [1.54, 1.807) is 50.4 Å². The summed E-state index contributed by atoms with van der Waals surface area (Å²) in [6.07, 6.45) is 0. The number of rotatable bonds is 5. The molecular weight excluding hydrogens is 552 g/mol. The number of hydrogen-bond acceptors (Lipinski definition) is 8. The molecule has 43 heavy (non-hydrogen) atoms. The predicted molar refractivity (Wildman–Crippen MR) is 161 cm³/mol. The van der Waals surface area contributed by atoms with Gasteiger partial charge in [-0.2, -0.15) is 0 Å². The van der Waals surface area contributed by atoms with Gasteiger partial charge in [0, 0.05) is 19.2 Å². The molecule has 2 aliphatic rings. The molecule has 0 radical (unpaired) electrons. The molecule has 5 rings (SSSR count). The summed E-state index contributed by atoms with van der Waals surface area (Å²) < 4.78 is 10.3. The highest BCUT2D eigenvalue weighted by Crippen LogP contribution is 2.25. The zero-order valence-corrected chi connectivity index (χ0v) is 25.6. The van der Waals surface area contributed by atoms with Gasteiger partial charge in [-0.3, -0.25) is 33.8 Å². The fourth-order valence-electron chi connectivity index (χ4n) is 4.09. The molecule has 4 amide bonds. The summed E-state index contributed by atoms with van der Waals surface area (Å²) >= 11 is 0.